The van der Waals surface area contributed by atoms with Gasteiger partial charge in [-0.25, -0.2) is 0 Å². The summed E-state index contributed by atoms with van der Waals surface area (Å²) in [5.74, 6) is 0.975. The molecule has 1 N–H and O–H groups in total. The average Bonchev–Trinajstić information content (AvgIpc) is 3.22. The molecule has 0 aliphatic rings. The van der Waals surface area contributed by atoms with Crippen LogP contribution in [0, 0.1) is 0 Å². The van der Waals surface area contributed by atoms with Crippen molar-refractivity contribution in [3.63, 3.8) is 0 Å². The molecule has 0 aliphatic carbocycles. The van der Waals surface area contributed by atoms with E-state index in [1.54, 1.807) is 17.6 Å². The van der Waals surface area contributed by atoms with Gasteiger partial charge in [-0.2, -0.15) is 0 Å². The zero-order valence-electron chi connectivity index (χ0n) is 12.3. The number of nitrogens with zero attached hydrogens (tertiary/aromatic N) is 1. The van der Waals surface area contributed by atoms with Crippen LogP contribution in [-0.4, -0.2) is 10.0 Å². The number of aliphatic hydroxyl groups excluding tert-OH is 1. The Morgan fingerprint density at radius 3 is 2.36 bits per heavy atom. The maximum absolute atomic E-state index is 9.13. The first kappa shape index (κ1) is 15.0. The first-order valence-corrected chi connectivity index (χ1v) is 8.17. The molecule has 0 radical (unpaired) electrons. The normalized spacial score (nSPS) is 11.2. The Morgan fingerprint density at radius 2 is 1.73 bits per heavy atom. The van der Waals surface area contributed by atoms with E-state index in [0.717, 1.165) is 31.0 Å². The third kappa shape index (κ3) is 4.07. The zero-order chi connectivity index (χ0) is 15.2. The molecule has 0 amide bonds. The van der Waals surface area contributed by atoms with E-state index >= 15 is 0 Å². The van der Waals surface area contributed by atoms with Gasteiger partial charge in [0, 0.05) is 18.0 Å². The summed E-state index contributed by atoms with van der Waals surface area (Å²) in [5, 5.41) is 11.2. The molecule has 114 valence electrons. The molecule has 22 heavy (non-hydrogen) atoms. The Balaban J connectivity index is 1.71. The number of hydrogen-bond acceptors (Lipinski definition) is 4. The summed E-state index contributed by atoms with van der Waals surface area (Å²) in [6.07, 6.45) is 1.72. The van der Waals surface area contributed by atoms with Crippen molar-refractivity contribution in [3.8, 4) is 0 Å². The Labute approximate surface area is 134 Å². The van der Waals surface area contributed by atoms with Crippen molar-refractivity contribution in [2.75, 3.05) is 0 Å². The lowest BCUT2D eigenvalue weighted by Gasteiger charge is -2.21. The van der Waals surface area contributed by atoms with Crippen LogP contribution < -0.4 is 0 Å². The van der Waals surface area contributed by atoms with Crippen LogP contribution in [0.4, 0.5) is 0 Å². The average molecular weight is 313 g/mol. The van der Waals surface area contributed by atoms with Crippen LogP contribution >= 0.6 is 11.3 Å². The van der Waals surface area contributed by atoms with E-state index in [1.807, 2.05) is 24.3 Å². The van der Waals surface area contributed by atoms with Gasteiger partial charge in [-0.3, -0.25) is 4.90 Å². The fourth-order valence-corrected chi connectivity index (χ4v) is 3.17. The van der Waals surface area contributed by atoms with Gasteiger partial charge in [0.05, 0.1) is 19.4 Å². The predicted molar refractivity (Wildman–Crippen MR) is 88.3 cm³/mol. The number of hydrogen-bond donors (Lipinski definition) is 1. The Kier molecular flexibility index (Phi) is 5.06. The fourth-order valence-electron chi connectivity index (χ4n) is 2.42. The molecule has 2 heterocycles. The molecular weight excluding hydrogens is 294 g/mol. The minimum Gasteiger partial charge on any atom is -0.468 e. The smallest absolute Gasteiger partial charge is 0.117 e. The van der Waals surface area contributed by atoms with Crippen LogP contribution in [0.25, 0.3) is 0 Å². The van der Waals surface area contributed by atoms with Crippen LogP contribution in [0.2, 0.25) is 0 Å². The lowest BCUT2D eigenvalue weighted by molar-refractivity contribution is 0.229. The summed E-state index contributed by atoms with van der Waals surface area (Å²) in [5.41, 5.74) is 2.18. The highest BCUT2D eigenvalue weighted by molar-refractivity contribution is 7.09. The second kappa shape index (κ2) is 7.40. The lowest BCUT2D eigenvalue weighted by atomic mass is 10.1. The molecule has 0 spiro atoms. The fraction of sp³-hybridized carbons (Fsp3) is 0.222. The summed E-state index contributed by atoms with van der Waals surface area (Å²) >= 11 is 1.78. The van der Waals surface area contributed by atoms with Crippen molar-refractivity contribution in [1.29, 1.82) is 0 Å². The first-order chi connectivity index (χ1) is 10.8. The van der Waals surface area contributed by atoms with Gasteiger partial charge in [0.15, 0.2) is 0 Å². The van der Waals surface area contributed by atoms with Gasteiger partial charge in [-0.15, -0.1) is 11.3 Å². The summed E-state index contributed by atoms with van der Waals surface area (Å²) in [7, 11) is 0. The molecular formula is C18H19NO2S. The van der Waals surface area contributed by atoms with E-state index in [4.69, 9.17) is 9.52 Å². The molecule has 2 aromatic heterocycles. The Morgan fingerprint density at radius 1 is 0.909 bits per heavy atom. The maximum atomic E-state index is 9.13. The van der Waals surface area contributed by atoms with Crippen LogP contribution in [0.1, 0.15) is 21.8 Å². The van der Waals surface area contributed by atoms with Crippen molar-refractivity contribution in [3.05, 3.63) is 81.9 Å². The summed E-state index contributed by atoms with van der Waals surface area (Å²) < 4.78 is 5.49. The van der Waals surface area contributed by atoms with E-state index in [9.17, 15) is 0 Å². The molecule has 4 heteroatoms. The van der Waals surface area contributed by atoms with Crippen LogP contribution in [0.15, 0.2) is 64.6 Å². The number of furan rings is 1. The number of aliphatic hydroxyl groups is 1. The van der Waals surface area contributed by atoms with Gasteiger partial charge >= 0.3 is 0 Å². The SMILES string of the molecule is OCc1ccc(CN(Cc2ccco2)Cc2cccs2)cc1. The molecule has 0 saturated carbocycles. The van der Waals surface area contributed by atoms with E-state index in [-0.39, 0.29) is 6.61 Å². The summed E-state index contributed by atoms with van der Waals surface area (Å²) in [4.78, 5) is 3.71. The molecule has 1 aromatic carbocycles. The number of benzene rings is 1. The van der Waals surface area contributed by atoms with Gasteiger partial charge in [0.2, 0.25) is 0 Å². The van der Waals surface area contributed by atoms with Crippen LogP contribution in [0.5, 0.6) is 0 Å². The highest BCUT2D eigenvalue weighted by atomic mass is 32.1. The highest BCUT2D eigenvalue weighted by Crippen LogP contribution is 2.17. The van der Waals surface area contributed by atoms with Crippen LogP contribution in [0.3, 0.4) is 0 Å². The third-order valence-electron chi connectivity index (χ3n) is 3.53. The van der Waals surface area contributed by atoms with Crippen molar-refractivity contribution in [2.24, 2.45) is 0 Å². The summed E-state index contributed by atoms with van der Waals surface area (Å²) in [6.45, 7) is 2.63. The Hall–Kier alpha value is -1.88. The van der Waals surface area contributed by atoms with Gasteiger partial charge in [0.25, 0.3) is 0 Å². The molecule has 0 unspecified atom stereocenters. The van der Waals surface area contributed by atoms with E-state index in [2.05, 4.69) is 34.5 Å². The van der Waals surface area contributed by atoms with Gasteiger partial charge < -0.3 is 9.52 Å². The quantitative estimate of drug-likeness (QED) is 0.715. The monoisotopic (exact) mass is 313 g/mol. The van der Waals surface area contributed by atoms with E-state index in [1.165, 1.54) is 10.4 Å². The second-order valence-electron chi connectivity index (χ2n) is 5.28. The molecule has 0 aliphatic heterocycles. The number of thiophene rings is 1. The second-order valence-corrected chi connectivity index (χ2v) is 6.31. The highest BCUT2D eigenvalue weighted by Gasteiger charge is 2.10. The molecule has 3 nitrogen and oxygen atoms in total. The van der Waals surface area contributed by atoms with E-state index in [0.29, 0.717) is 0 Å². The minimum atomic E-state index is 0.0889. The first-order valence-electron chi connectivity index (χ1n) is 7.29. The molecule has 3 aromatic rings. The topological polar surface area (TPSA) is 36.6 Å². The van der Waals surface area contributed by atoms with Crippen molar-refractivity contribution >= 4 is 11.3 Å². The molecule has 0 atom stereocenters. The van der Waals surface area contributed by atoms with Crippen LogP contribution in [-0.2, 0) is 26.2 Å². The van der Waals surface area contributed by atoms with Crippen molar-refractivity contribution in [2.45, 2.75) is 26.2 Å². The lowest BCUT2D eigenvalue weighted by Crippen LogP contribution is -2.21. The van der Waals surface area contributed by atoms with Crippen molar-refractivity contribution < 1.29 is 9.52 Å². The van der Waals surface area contributed by atoms with Gasteiger partial charge in [-0.1, -0.05) is 30.3 Å². The van der Waals surface area contributed by atoms with Gasteiger partial charge in [0.1, 0.15) is 5.76 Å². The zero-order valence-corrected chi connectivity index (χ0v) is 13.1. The minimum absolute atomic E-state index is 0.0889. The molecule has 0 saturated heterocycles. The van der Waals surface area contributed by atoms with E-state index < -0.39 is 0 Å². The number of rotatable bonds is 7. The largest absolute Gasteiger partial charge is 0.468 e. The van der Waals surface area contributed by atoms with Crippen molar-refractivity contribution in [1.82, 2.24) is 4.90 Å². The predicted octanol–water partition coefficient (Wildman–Crippen LogP) is 4.04. The Bertz CT molecular complexity index is 623. The standard InChI is InChI=1S/C18H19NO2S/c20-14-16-7-5-15(6-8-16)11-19(12-17-3-1-9-21-17)13-18-4-2-10-22-18/h1-10,20H,11-14H2. The van der Waals surface area contributed by atoms with Gasteiger partial charge in [-0.05, 0) is 34.7 Å². The molecule has 0 bridgehead atoms. The third-order valence-corrected chi connectivity index (χ3v) is 4.39. The summed E-state index contributed by atoms with van der Waals surface area (Å²) in [6, 6.07) is 16.3. The molecule has 3 rings (SSSR count). The molecule has 0 fully saturated rings. The maximum Gasteiger partial charge on any atom is 0.117 e.